The van der Waals surface area contributed by atoms with Gasteiger partial charge in [-0.25, -0.2) is 9.37 Å². The number of hydrogen-bond donors (Lipinski definition) is 1. The van der Waals surface area contributed by atoms with Crippen molar-refractivity contribution in [3.05, 3.63) is 47.4 Å². The molecule has 0 unspecified atom stereocenters. The zero-order valence-corrected chi connectivity index (χ0v) is 15.6. The van der Waals surface area contributed by atoms with Crippen LogP contribution >= 0.6 is 0 Å². The Morgan fingerprint density at radius 3 is 2.52 bits per heavy atom. The number of methoxy groups -OCH3 is 2. The molecular weight excluding hydrogens is 349 g/mol. The lowest BCUT2D eigenvalue weighted by atomic mass is 9.81. The normalized spacial score (nSPS) is 27.6. The second kappa shape index (κ2) is 7.05. The van der Waals surface area contributed by atoms with Gasteiger partial charge in [-0.1, -0.05) is 18.2 Å². The topological polar surface area (TPSA) is 67.7 Å². The number of halogens is 1. The van der Waals surface area contributed by atoms with Crippen molar-refractivity contribution in [2.45, 2.75) is 49.9 Å². The van der Waals surface area contributed by atoms with Crippen LogP contribution in [0, 0.1) is 5.82 Å². The largest absolute Gasteiger partial charge is 0.481 e. The molecule has 2 fully saturated rings. The third-order valence-corrected chi connectivity index (χ3v) is 5.84. The maximum absolute atomic E-state index is 14.1. The molecule has 2 atom stereocenters. The van der Waals surface area contributed by atoms with Crippen LogP contribution in [-0.2, 0) is 12.1 Å². The van der Waals surface area contributed by atoms with E-state index in [9.17, 15) is 9.50 Å². The van der Waals surface area contributed by atoms with E-state index in [-0.39, 0.29) is 23.9 Å². The van der Waals surface area contributed by atoms with Gasteiger partial charge in [0.2, 0.25) is 5.88 Å². The first-order valence-corrected chi connectivity index (χ1v) is 9.21. The van der Waals surface area contributed by atoms with Crippen LogP contribution in [0.4, 0.5) is 4.39 Å². The number of piperidine rings is 1. The second-order valence-corrected chi connectivity index (χ2v) is 7.37. The molecule has 2 aliphatic rings. The summed E-state index contributed by atoms with van der Waals surface area (Å²) in [6.07, 6.45) is 4.66. The molecule has 144 valence electrons. The highest BCUT2D eigenvalue weighted by molar-refractivity contribution is 5.33. The van der Waals surface area contributed by atoms with Crippen LogP contribution in [0.1, 0.15) is 36.8 Å². The maximum atomic E-state index is 14.1. The van der Waals surface area contributed by atoms with E-state index in [0.29, 0.717) is 36.4 Å². The number of nitrogens with zero attached hydrogens (tertiary/aromatic N) is 3. The number of aliphatic hydroxyl groups is 1. The third-order valence-electron chi connectivity index (χ3n) is 5.84. The fraction of sp³-hybridized carbons (Fsp3) is 0.500. The predicted octanol–water partition coefficient (Wildman–Crippen LogP) is 2.65. The highest BCUT2D eigenvalue weighted by Crippen LogP contribution is 2.48. The van der Waals surface area contributed by atoms with Gasteiger partial charge in [0.25, 0.3) is 0 Å². The standard InChI is InChI=1S/C20H24FN3O3/c1-26-18-16(11-22-19(23-18)27-2)20(25)9-14-7-8-15(10-20)24(14)12-13-5-3-4-6-17(13)21/h3-6,11,14-15,25H,7-10,12H2,1-2H3/t14-,15-/m0/s1. The van der Waals surface area contributed by atoms with E-state index in [4.69, 9.17) is 9.47 Å². The average Bonchev–Trinajstić information content (AvgIpc) is 2.93. The summed E-state index contributed by atoms with van der Waals surface area (Å²) in [7, 11) is 3.02. The van der Waals surface area contributed by atoms with Gasteiger partial charge in [-0.2, -0.15) is 4.98 Å². The van der Waals surface area contributed by atoms with Crippen molar-refractivity contribution in [1.29, 1.82) is 0 Å². The van der Waals surface area contributed by atoms with E-state index in [1.54, 1.807) is 12.3 Å². The van der Waals surface area contributed by atoms with Crippen molar-refractivity contribution in [3.8, 4) is 11.9 Å². The first-order chi connectivity index (χ1) is 13.0. The van der Waals surface area contributed by atoms with E-state index in [0.717, 1.165) is 12.8 Å². The molecule has 4 rings (SSSR count). The minimum atomic E-state index is -1.06. The minimum Gasteiger partial charge on any atom is -0.481 e. The van der Waals surface area contributed by atoms with Crippen molar-refractivity contribution in [2.75, 3.05) is 14.2 Å². The van der Waals surface area contributed by atoms with Crippen molar-refractivity contribution in [1.82, 2.24) is 14.9 Å². The summed E-state index contributed by atoms with van der Waals surface area (Å²) in [6, 6.07) is 7.46. The Morgan fingerprint density at radius 1 is 1.19 bits per heavy atom. The van der Waals surface area contributed by atoms with Gasteiger partial charge < -0.3 is 14.6 Å². The van der Waals surface area contributed by atoms with E-state index in [1.807, 2.05) is 12.1 Å². The summed E-state index contributed by atoms with van der Waals surface area (Å²) in [6.45, 7) is 0.564. The van der Waals surface area contributed by atoms with Crippen molar-refractivity contribution in [3.63, 3.8) is 0 Å². The predicted molar refractivity (Wildman–Crippen MR) is 97.0 cm³/mol. The zero-order chi connectivity index (χ0) is 19.0. The number of aromatic nitrogens is 2. The maximum Gasteiger partial charge on any atom is 0.319 e. The lowest BCUT2D eigenvalue weighted by Crippen LogP contribution is -2.49. The Kier molecular flexibility index (Phi) is 4.74. The molecule has 1 N–H and O–H groups in total. The molecule has 3 heterocycles. The highest BCUT2D eigenvalue weighted by atomic mass is 19.1. The Morgan fingerprint density at radius 2 is 1.89 bits per heavy atom. The summed E-state index contributed by atoms with van der Waals surface area (Å²) < 4.78 is 24.5. The molecule has 2 aliphatic heterocycles. The summed E-state index contributed by atoms with van der Waals surface area (Å²) in [4.78, 5) is 10.7. The lowest BCUT2D eigenvalue weighted by molar-refractivity contribution is -0.0614. The van der Waals surface area contributed by atoms with E-state index in [1.165, 1.54) is 20.3 Å². The average molecular weight is 373 g/mol. The first kappa shape index (κ1) is 18.1. The molecule has 6 nitrogen and oxygen atoms in total. The molecule has 0 radical (unpaired) electrons. The van der Waals surface area contributed by atoms with Gasteiger partial charge in [-0.3, -0.25) is 4.90 Å². The third kappa shape index (κ3) is 3.26. The Bertz CT molecular complexity index is 818. The molecule has 2 saturated heterocycles. The fourth-order valence-electron chi connectivity index (χ4n) is 4.54. The van der Waals surface area contributed by atoms with Gasteiger partial charge in [0.05, 0.1) is 25.4 Å². The molecule has 2 aromatic rings. The summed E-state index contributed by atoms with van der Waals surface area (Å²) in [5, 5.41) is 11.4. The van der Waals surface area contributed by atoms with Gasteiger partial charge in [-0.15, -0.1) is 0 Å². The second-order valence-electron chi connectivity index (χ2n) is 7.37. The molecule has 1 aromatic heterocycles. The van der Waals surface area contributed by atoms with Crippen LogP contribution in [-0.4, -0.2) is 46.3 Å². The van der Waals surface area contributed by atoms with Gasteiger partial charge in [0.1, 0.15) is 5.82 Å². The van der Waals surface area contributed by atoms with E-state index in [2.05, 4.69) is 14.9 Å². The zero-order valence-electron chi connectivity index (χ0n) is 15.6. The number of hydrogen-bond acceptors (Lipinski definition) is 6. The van der Waals surface area contributed by atoms with Gasteiger partial charge in [-0.05, 0) is 31.7 Å². The molecule has 7 heteroatoms. The summed E-state index contributed by atoms with van der Waals surface area (Å²) in [5.41, 5.74) is 0.230. The van der Waals surface area contributed by atoms with Crippen LogP contribution in [0.3, 0.4) is 0 Å². The molecule has 1 aromatic carbocycles. The number of benzene rings is 1. The molecule has 0 saturated carbocycles. The van der Waals surface area contributed by atoms with Gasteiger partial charge >= 0.3 is 6.01 Å². The minimum absolute atomic E-state index is 0.178. The van der Waals surface area contributed by atoms with E-state index >= 15 is 0 Å². The smallest absolute Gasteiger partial charge is 0.319 e. The molecule has 27 heavy (non-hydrogen) atoms. The van der Waals surface area contributed by atoms with Gasteiger partial charge in [0, 0.05) is 30.4 Å². The van der Waals surface area contributed by atoms with Crippen LogP contribution in [0.2, 0.25) is 0 Å². The summed E-state index contributed by atoms with van der Waals surface area (Å²) >= 11 is 0. The number of rotatable bonds is 5. The molecule has 2 bridgehead atoms. The number of ether oxygens (including phenoxy) is 2. The SMILES string of the molecule is COc1ncc(C2(O)C[C@@H]3CC[C@@H](C2)N3Cc2ccccc2F)c(OC)n1. The van der Waals surface area contributed by atoms with Crippen molar-refractivity contribution in [2.24, 2.45) is 0 Å². The Hall–Kier alpha value is -2.25. The molecular formula is C20H24FN3O3. The van der Waals surface area contributed by atoms with Crippen molar-refractivity contribution < 1.29 is 19.0 Å². The van der Waals surface area contributed by atoms with Crippen LogP contribution < -0.4 is 9.47 Å². The molecule has 0 aliphatic carbocycles. The van der Waals surface area contributed by atoms with Crippen molar-refractivity contribution >= 4 is 0 Å². The Balaban J connectivity index is 1.59. The van der Waals surface area contributed by atoms with Gasteiger partial charge in [0.15, 0.2) is 0 Å². The van der Waals surface area contributed by atoms with Crippen LogP contribution in [0.15, 0.2) is 30.5 Å². The monoisotopic (exact) mass is 373 g/mol. The van der Waals surface area contributed by atoms with Crippen LogP contribution in [0.5, 0.6) is 11.9 Å². The number of fused-ring (bicyclic) bond motifs is 2. The lowest BCUT2D eigenvalue weighted by Gasteiger charge is -2.44. The first-order valence-electron chi connectivity index (χ1n) is 9.21. The molecule has 0 spiro atoms. The van der Waals surface area contributed by atoms with Crippen LogP contribution in [0.25, 0.3) is 0 Å². The highest BCUT2D eigenvalue weighted by Gasteiger charge is 2.49. The molecule has 0 amide bonds. The Labute approximate surface area is 158 Å². The quantitative estimate of drug-likeness (QED) is 0.869. The fourth-order valence-corrected chi connectivity index (χ4v) is 4.54. The summed E-state index contributed by atoms with van der Waals surface area (Å²) in [5.74, 6) is 0.161. The van der Waals surface area contributed by atoms with E-state index < -0.39 is 5.60 Å².